The lowest BCUT2D eigenvalue weighted by atomic mass is 10.2. The Hall–Kier alpha value is -1.56. The summed E-state index contributed by atoms with van der Waals surface area (Å²) in [6.07, 6.45) is 0. The fraction of sp³-hybridized carbons (Fsp3) is 0.0714. The number of aryl methyl sites for hydroxylation is 1. The van der Waals surface area contributed by atoms with Gasteiger partial charge in [-0.2, -0.15) is 0 Å². The largest absolute Gasteiger partial charge is 0.268 e. The molecule has 21 heavy (non-hydrogen) atoms. The van der Waals surface area contributed by atoms with Gasteiger partial charge in [0.2, 0.25) is 0 Å². The Labute approximate surface area is 132 Å². The predicted molar refractivity (Wildman–Crippen MR) is 82.3 cm³/mol. The van der Waals surface area contributed by atoms with Crippen molar-refractivity contribution in [3.63, 3.8) is 0 Å². The predicted octanol–water partition coefficient (Wildman–Crippen LogP) is 3.42. The van der Waals surface area contributed by atoms with E-state index in [4.69, 9.17) is 23.2 Å². The maximum Gasteiger partial charge on any atom is 0.266 e. The maximum atomic E-state index is 12.1. The fourth-order valence-electron chi connectivity index (χ4n) is 1.62. The quantitative estimate of drug-likeness (QED) is 0.928. The first-order chi connectivity index (χ1) is 9.79. The Morgan fingerprint density at radius 1 is 1.05 bits per heavy atom. The highest BCUT2D eigenvalue weighted by Crippen LogP contribution is 2.21. The molecule has 0 spiro atoms. The minimum Gasteiger partial charge on any atom is -0.268 e. The second kappa shape index (κ2) is 6.05. The van der Waals surface area contributed by atoms with Gasteiger partial charge in [-0.3, -0.25) is 4.79 Å². The fourth-order valence-corrected chi connectivity index (χ4v) is 2.97. The van der Waals surface area contributed by atoms with Crippen LogP contribution in [-0.4, -0.2) is 14.3 Å². The maximum absolute atomic E-state index is 12.1. The molecular formula is C14H11Cl2NO3S. The molecule has 4 nitrogen and oxygen atoms in total. The monoisotopic (exact) mass is 343 g/mol. The van der Waals surface area contributed by atoms with E-state index in [9.17, 15) is 13.2 Å². The lowest BCUT2D eigenvalue weighted by Crippen LogP contribution is -2.30. The van der Waals surface area contributed by atoms with Crippen LogP contribution in [0.4, 0.5) is 0 Å². The molecule has 0 radical (unpaired) electrons. The third kappa shape index (κ3) is 3.75. The molecule has 0 aliphatic rings. The Morgan fingerprint density at radius 2 is 1.67 bits per heavy atom. The number of carbonyl (C=O) groups excluding carboxylic acids is 1. The van der Waals surface area contributed by atoms with E-state index < -0.39 is 15.9 Å². The first-order valence-electron chi connectivity index (χ1n) is 5.88. The van der Waals surface area contributed by atoms with Crippen LogP contribution < -0.4 is 4.72 Å². The molecule has 110 valence electrons. The number of sulfonamides is 1. The molecular weight excluding hydrogens is 333 g/mol. The van der Waals surface area contributed by atoms with Crippen LogP contribution in [0.5, 0.6) is 0 Å². The van der Waals surface area contributed by atoms with Gasteiger partial charge in [-0.1, -0.05) is 40.9 Å². The van der Waals surface area contributed by atoms with Gasteiger partial charge in [0.25, 0.3) is 15.9 Å². The lowest BCUT2D eigenvalue weighted by molar-refractivity contribution is 0.0981. The molecule has 0 aromatic heterocycles. The molecule has 1 amide bonds. The summed E-state index contributed by atoms with van der Waals surface area (Å²) >= 11 is 11.7. The van der Waals surface area contributed by atoms with Crippen molar-refractivity contribution >= 4 is 39.1 Å². The van der Waals surface area contributed by atoms with Crippen molar-refractivity contribution in [1.82, 2.24) is 4.72 Å². The zero-order chi connectivity index (χ0) is 15.6. The number of nitrogens with one attached hydrogen (secondary N) is 1. The Balaban J connectivity index is 2.30. The highest BCUT2D eigenvalue weighted by atomic mass is 35.5. The van der Waals surface area contributed by atoms with Crippen molar-refractivity contribution in [2.24, 2.45) is 0 Å². The average Bonchev–Trinajstić information content (AvgIpc) is 2.41. The van der Waals surface area contributed by atoms with Crippen molar-refractivity contribution in [1.29, 1.82) is 0 Å². The molecule has 1 N–H and O–H groups in total. The van der Waals surface area contributed by atoms with Gasteiger partial charge in [-0.05, 0) is 37.3 Å². The van der Waals surface area contributed by atoms with E-state index in [2.05, 4.69) is 0 Å². The van der Waals surface area contributed by atoms with Crippen molar-refractivity contribution in [3.8, 4) is 0 Å². The first kappa shape index (κ1) is 15.8. The molecule has 7 heteroatoms. The van der Waals surface area contributed by atoms with Crippen LogP contribution in [0.25, 0.3) is 0 Å². The van der Waals surface area contributed by atoms with Crippen molar-refractivity contribution in [3.05, 3.63) is 63.6 Å². The zero-order valence-corrected chi connectivity index (χ0v) is 13.3. The third-order valence-corrected chi connectivity index (χ3v) is 4.64. The van der Waals surface area contributed by atoms with Crippen LogP contribution in [-0.2, 0) is 10.0 Å². The number of rotatable bonds is 3. The summed E-state index contributed by atoms with van der Waals surface area (Å²) in [5.74, 6) is -0.830. The van der Waals surface area contributed by atoms with Crippen LogP contribution in [0, 0.1) is 6.92 Å². The summed E-state index contributed by atoms with van der Waals surface area (Å²) in [6, 6.07) is 10.4. The van der Waals surface area contributed by atoms with E-state index in [-0.39, 0.29) is 20.5 Å². The summed E-state index contributed by atoms with van der Waals surface area (Å²) < 4.78 is 26.2. The molecule has 0 saturated heterocycles. The summed E-state index contributed by atoms with van der Waals surface area (Å²) in [6.45, 7) is 1.83. The Morgan fingerprint density at radius 3 is 2.29 bits per heavy atom. The molecule has 0 aliphatic heterocycles. The second-order valence-electron chi connectivity index (χ2n) is 4.37. The number of hydrogen-bond acceptors (Lipinski definition) is 3. The smallest absolute Gasteiger partial charge is 0.266 e. The van der Waals surface area contributed by atoms with E-state index in [0.29, 0.717) is 0 Å². The van der Waals surface area contributed by atoms with Crippen molar-refractivity contribution in [2.75, 3.05) is 0 Å². The van der Waals surface area contributed by atoms with Gasteiger partial charge in [0.1, 0.15) is 0 Å². The minimum absolute atomic E-state index is 0.000136. The van der Waals surface area contributed by atoms with Crippen LogP contribution >= 0.6 is 23.2 Å². The normalized spacial score (nSPS) is 11.2. The van der Waals surface area contributed by atoms with E-state index in [0.717, 1.165) is 5.56 Å². The molecule has 0 saturated carbocycles. The van der Waals surface area contributed by atoms with Gasteiger partial charge in [0.05, 0.1) is 15.5 Å². The van der Waals surface area contributed by atoms with E-state index in [1.54, 1.807) is 12.1 Å². The molecule has 0 fully saturated rings. The van der Waals surface area contributed by atoms with Crippen LogP contribution in [0.1, 0.15) is 15.9 Å². The Bertz CT molecular complexity index is 786. The molecule has 2 aromatic rings. The molecule has 2 aromatic carbocycles. The number of hydrogen-bond donors (Lipinski definition) is 1. The number of halogens is 2. The number of carbonyl (C=O) groups is 1. The summed E-state index contributed by atoms with van der Waals surface area (Å²) in [4.78, 5) is 12.0. The molecule has 0 unspecified atom stereocenters. The first-order valence-corrected chi connectivity index (χ1v) is 8.12. The van der Waals surface area contributed by atoms with Gasteiger partial charge in [-0.25, -0.2) is 13.1 Å². The van der Waals surface area contributed by atoms with Crippen molar-refractivity contribution < 1.29 is 13.2 Å². The average molecular weight is 344 g/mol. The number of benzene rings is 2. The SMILES string of the molecule is Cc1ccc(S(=O)(=O)NC(=O)c2cc(Cl)ccc2Cl)cc1. The highest BCUT2D eigenvalue weighted by Gasteiger charge is 2.20. The van der Waals surface area contributed by atoms with E-state index in [1.165, 1.54) is 30.3 Å². The molecule has 0 heterocycles. The summed E-state index contributed by atoms with van der Waals surface area (Å²) in [5.41, 5.74) is 0.915. The third-order valence-electron chi connectivity index (χ3n) is 2.73. The van der Waals surface area contributed by atoms with Gasteiger partial charge in [-0.15, -0.1) is 0 Å². The van der Waals surface area contributed by atoms with Gasteiger partial charge >= 0.3 is 0 Å². The molecule has 0 bridgehead atoms. The minimum atomic E-state index is -3.96. The highest BCUT2D eigenvalue weighted by molar-refractivity contribution is 7.90. The topological polar surface area (TPSA) is 63.2 Å². The number of amides is 1. The summed E-state index contributed by atoms with van der Waals surface area (Å²) in [5, 5.41) is 0.410. The standard InChI is InChI=1S/C14H11Cl2NO3S/c1-9-2-5-11(6-3-9)21(19,20)17-14(18)12-8-10(15)4-7-13(12)16/h2-8H,1H3,(H,17,18). The van der Waals surface area contributed by atoms with Gasteiger partial charge in [0, 0.05) is 5.02 Å². The van der Waals surface area contributed by atoms with E-state index >= 15 is 0 Å². The van der Waals surface area contributed by atoms with E-state index in [1.807, 2.05) is 11.6 Å². The Kier molecular flexibility index (Phi) is 4.56. The summed E-state index contributed by atoms with van der Waals surface area (Å²) in [7, 11) is -3.96. The van der Waals surface area contributed by atoms with Gasteiger partial charge < -0.3 is 0 Å². The molecule has 0 aliphatic carbocycles. The second-order valence-corrected chi connectivity index (χ2v) is 6.90. The van der Waals surface area contributed by atoms with Crippen LogP contribution in [0.3, 0.4) is 0 Å². The van der Waals surface area contributed by atoms with Gasteiger partial charge in [0.15, 0.2) is 0 Å². The molecule has 2 rings (SSSR count). The van der Waals surface area contributed by atoms with Crippen molar-refractivity contribution in [2.45, 2.75) is 11.8 Å². The van der Waals surface area contributed by atoms with Crippen LogP contribution in [0.2, 0.25) is 10.0 Å². The zero-order valence-electron chi connectivity index (χ0n) is 10.9. The molecule has 0 atom stereocenters. The van der Waals surface area contributed by atoms with Crippen LogP contribution in [0.15, 0.2) is 47.4 Å². The lowest BCUT2D eigenvalue weighted by Gasteiger charge is -2.08.